The van der Waals surface area contributed by atoms with Gasteiger partial charge in [-0.15, -0.1) is 0 Å². The Morgan fingerprint density at radius 1 is 1.17 bits per heavy atom. The Hall–Kier alpha value is -1.44. The van der Waals surface area contributed by atoms with Crippen LogP contribution in [0.1, 0.15) is 24.0 Å². The maximum Gasteiger partial charge on any atom is 0.158 e. The molecule has 0 saturated carbocycles. The van der Waals surface area contributed by atoms with Gasteiger partial charge in [0.2, 0.25) is 0 Å². The van der Waals surface area contributed by atoms with Crippen molar-refractivity contribution in [2.24, 2.45) is 0 Å². The molecule has 0 amide bonds. The predicted octanol–water partition coefficient (Wildman–Crippen LogP) is 2.23. The molecule has 0 fully saturated rings. The molecule has 2 rings (SSSR count). The fourth-order valence-electron chi connectivity index (χ4n) is 1.50. The first kappa shape index (κ1) is 7.22. The van der Waals surface area contributed by atoms with Crippen LogP contribution in [0.2, 0.25) is 0 Å². The van der Waals surface area contributed by atoms with Crippen LogP contribution in [0.4, 0.5) is 0 Å². The summed E-state index contributed by atoms with van der Waals surface area (Å²) in [6, 6.07) is 3.21. The summed E-state index contributed by atoms with van der Waals surface area (Å²) in [4.78, 5) is 0. The van der Waals surface area contributed by atoms with Gasteiger partial charge in [0, 0.05) is 5.92 Å². The molecule has 1 aromatic rings. The summed E-state index contributed by atoms with van der Waals surface area (Å²) in [6.07, 6.45) is 4.00. The first-order valence-corrected chi connectivity index (χ1v) is 3.92. The lowest BCUT2D eigenvalue weighted by Crippen LogP contribution is -1.86. The van der Waals surface area contributed by atoms with Crippen molar-refractivity contribution in [2.45, 2.75) is 12.8 Å². The van der Waals surface area contributed by atoms with E-state index in [4.69, 9.17) is 0 Å². The standard InChI is InChI=1S/C10H10O2/c1-6-2-3-7-4-9(11)10(12)5-8(6)7/h2-6,11-12H,1H3. The topological polar surface area (TPSA) is 40.5 Å². The van der Waals surface area contributed by atoms with Crippen molar-refractivity contribution in [3.8, 4) is 11.5 Å². The lowest BCUT2D eigenvalue weighted by molar-refractivity contribution is 0.403. The minimum atomic E-state index is -0.0486. The lowest BCUT2D eigenvalue weighted by Gasteiger charge is -2.05. The zero-order valence-corrected chi connectivity index (χ0v) is 6.78. The van der Waals surface area contributed by atoms with Crippen molar-refractivity contribution in [1.82, 2.24) is 0 Å². The molecule has 1 aromatic carbocycles. The maximum absolute atomic E-state index is 9.22. The van der Waals surface area contributed by atoms with Crippen molar-refractivity contribution < 1.29 is 10.2 Å². The van der Waals surface area contributed by atoms with Gasteiger partial charge in [-0.3, -0.25) is 0 Å². The van der Waals surface area contributed by atoms with Gasteiger partial charge in [0.1, 0.15) is 0 Å². The number of hydrogen-bond donors (Lipinski definition) is 2. The van der Waals surface area contributed by atoms with E-state index < -0.39 is 0 Å². The molecule has 0 saturated heterocycles. The first-order chi connectivity index (χ1) is 5.68. The van der Waals surface area contributed by atoms with Crippen molar-refractivity contribution >= 4 is 6.08 Å². The number of aromatic hydroxyl groups is 2. The molecule has 0 heterocycles. The van der Waals surface area contributed by atoms with E-state index in [1.165, 1.54) is 0 Å². The Morgan fingerprint density at radius 3 is 2.58 bits per heavy atom. The summed E-state index contributed by atoms with van der Waals surface area (Å²) < 4.78 is 0. The first-order valence-electron chi connectivity index (χ1n) is 3.92. The molecule has 1 aliphatic rings. The van der Waals surface area contributed by atoms with E-state index in [-0.39, 0.29) is 11.5 Å². The van der Waals surface area contributed by atoms with Crippen LogP contribution in [0, 0.1) is 0 Å². The number of phenolic OH excluding ortho intramolecular Hbond substituents is 2. The smallest absolute Gasteiger partial charge is 0.158 e. The third kappa shape index (κ3) is 0.881. The monoisotopic (exact) mass is 162 g/mol. The third-order valence-corrected chi connectivity index (χ3v) is 2.24. The van der Waals surface area contributed by atoms with Gasteiger partial charge in [-0.25, -0.2) is 0 Å². The second-order valence-electron chi connectivity index (χ2n) is 3.12. The fourth-order valence-corrected chi connectivity index (χ4v) is 1.50. The van der Waals surface area contributed by atoms with E-state index in [1.54, 1.807) is 12.1 Å². The highest BCUT2D eigenvalue weighted by Gasteiger charge is 2.15. The zero-order chi connectivity index (χ0) is 8.72. The number of benzene rings is 1. The molecule has 0 spiro atoms. The number of allylic oxidation sites excluding steroid dienone is 1. The highest BCUT2D eigenvalue weighted by atomic mass is 16.3. The third-order valence-electron chi connectivity index (χ3n) is 2.24. The molecule has 0 aliphatic heterocycles. The second-order valence-corrected chi connectivity index (χ2v) is 3.12. The van der Waals surface area contributed by atoms with Crippen LogP contribution in [0.15, 0.2) is 18.2 Å². The molecule has 2 nitrogen and oxygen atoms in total. The molecule has 2 heteroatoms. The van der Waals surface area contributed by atoms with Gasteiger partial charge in [-0.05, 0) is 23.3 Å². The summed E-state index contributed by atoms with van der Waals surface area (Å²) >= 11 is 0. The average Bonchev–Trinajstić information content (AvgIpc) is 2.35. The molecule has 2 N–H and O–H groups in total. The molecule has 12 heavy (non-hydrogen) atoms. The average molecular weight is 162 g/mol. The van der Waals surface area contributed by atoms with Gasteiger partial charge in [0.15, 0.2) is 11.5 Å². The summed E-state index contributed by atoms with van der Waals surface area (Å²) in [5.74, 6) is 0.253. The van der Waals surface area contributed by atoms with Crippen LogP contribution in [0.25, 0.3) is 6.08 Å². The normalized spacial score (nSPS) is 19.6. The molecule has 0 bridgehead atoms. The summed E-state index contributed by atoms with van der Waals surface area (Å²) in [5.41, 5.74) is 2.07. The van der Waals surface area contributed by atoms with Gasteiger partial charge in [0.05, 0.1) is 0 Å². The Kier molecular flexibility index (Phi) is 1.37. The summed E-state index contributed by atoms with van der Waals surface area (Å²) in [7, 11) is 0. The highest BCUT2D eigenvalue weighted by molar-refractivity contribution is 5.66. The van der Waals surface area contributed by atoms with Gasteiger partial charge >= 0.3 is 0 Å². The zero-order valence-electron chi connectivity index (χ0n) is 6.78. The van der Waals surface area contributed by atoms with Gasteiger partial charge < -0.3 is 10.2 Å². The molecular formula is C10H10O2. The predicted molar refractivity (Wildman–Crippen MR) is 47.2 cm³/mol. The summed E-state index contributed by atoms with van der Waals surface area (Å²) in [5, 5.41) is 18.4. The van der Waals surface area contributed by atoms with Crippen LogP contribution in [-0.2, 0) is 0 Å². The molecule has 1 unspecified atom stereocenters. The van der Waals surface area contributed by atoms with Crippen molar-refractivity contribution in [3.63, 3.8) is 0 Å². The van der Waals surface area contributed by atoms with Crippen molar-refractivity contribution in [3.05, 3.63) is 29.3 Å². The molecule has 0 aromatic heterocycles. The van der Waals surface area contributed by atoms with Crippen LogP contribution in [0.5, 0.6) is 11.5 Å². The number of hydrogen-bond acceptors (Lipinski definition) is 2. The van der Waals surface area contributed by atoms with Crippen LogP contribution in [-0.4, -0.2) is 10.2 Å². The minimum absolute atomic E-state index is 0.0377. The number of rotatable bonds is 0. The lowest BCUT2D eigenvalue weighted by atomic mass is 10.0. The molecule has 1 aliphatic carbocycles. The largest absolute Gasteiger partial charge is 0.504 e. The highest BCUT2D eigenvalue weighted by Crippen LogP contribution is 2.36. The minimum Gasteiger partial charge on any atom is -0.504 e. The maximum atomic E-state index is 9.22. The Bertz CT molecular complexity index is 353. The van der Waals surface area contributed by atoms with Gasteiger partial charge in [-0.1, -0.05) is 19.1 Å². The van der Waals surface area contributed by atoms with Crippen LogP contribution < -0.4 is 0 Å². The molecule has 62 valence electrons. The van der Waals surface area contributed by atoms with E-state index in [9.17, 15) is 10.2 Å². The van der Waals surface area contributed by atoms with Crippen molar-refractivity contribution in [1.29, 1.82) is 0 Å². The Morgan fingerprint density at radius 2 is 1.83 bits per heavy atom. The Balaban J connectivity index is 2.62. The van der Waals surface area contributed by atoms with E-state index in [1.807, 2.05) is 12.2 Å². The van der Waals surface area contributed by atoms with E-state index in [2.05, 4.69) is 6.92 Å². The molecular weight excluding hydrogens is 152 g/mol. The summed E-state index contributed by atoms with van der Waals surface area (Å²) in [6.45, 7) is 2.05. The van der Waals surface area contributed by atoms with E-state index in [0.29, 0.717) is 5.92 Å². The van der Waals surface area contributed by atoms with E-state index in [0.717, 1.165) is 11.1 Å². The second kappa shape index (κ2) is 2.27. The number of fused-ring (bicyclic) bond motifs is 1. The van der Waals surface area contributed by atoms with Crippen molar-refractivity contribution in [2.75, 3.05) is 0 Å². The van der Waals surface area contributed by atoms with Crippen LogP contribution >= 0.6 is 0 Å². The SMILES string of the molecule is CC1C=Cc2cc(O)c(O)cc21. The molecule has 1 atom stereocenters. The van der Waals surface area contributed by atoms with Crippen LogP contribution in [0.3, 0.4) is 0 Å². The number of phenols is 2. The van der Waals surface area contributed by atoms with E-state index >= 15 is 0 Å². The molecule has 0 radical (unpaired) electrons. The Labute approximate surface area is 70.8 Å². The fraction of sp³-hybridized carbons (Fsp3) is 0.200. The van der Waals surface area contributed by atoms with Gasteiger partial charge in [0.25, 0.3) is 0 Å². The quantitative estimate of drug-likeness (QED) is 0.574. The van der Waals surface area contributed by atoms with Gasteiger partial charge in [-0.2, -0.15) is 0 Å².